The first-order valence-corrected chi connectivity index (χ1v) is 11.5. The predicted octanol–water partition coefficient (Wildman–Crippen LogP) is 1.71. The predicted molar refractivity (Wildman–Crippen MR) is 108 cm³/mol. The van der Waals surface area contributed by atoms with E-state index in [0.717, 1.165) is 29.4 Å². The monoisotopic (exact) mass is 443 g/mol. The van der Waals surface area contributed by atoms with Crippen molar-refractivity contribution in [3.05, 3.63) is 0 Å². The van der Waals surface area contributed by atoms with Gasteiger partial charge in [-0.1, -0.05) is 30.8 Å². The van der Waals surface area contributed by atoms with E-state index in [1.54, 1.807) is 11.8 Å². The fraction of sp³-hybridized carbons (Fsp3) is 0.706. The maximum Gasteiger partial charge on any atom is 0.303 e. The number of aliphatic carboxylic acids is 1. The Bertz CT molecular complexity index is 851. The summed E-state index contributed by atoms with van der Waals surface area (Å²) in [4.78, 5) is 20.0. The summed E-state index contributed by atoms with van der Waals surface area (Å²) >= 11 is 3.10. The van der Waals surface area contributed by atoms with E-state index in [0.29, 0.717) is 16.3 Å². The summed E-state index contributed by atoms with van der Waals surface area (Å²) in [6.07, 6.45) is -2.44. The quantitative estimate of drug-likeness (QED) is 0.280. The van der Waals surface area contributed by atoms with Gasteiger partial charge in [0.05, 0.1) is 6.10 Å². The van der Waals surface area contributed by atoms with Gasteiger partial charge in [-0.05, 0) is 25.0 Å². The van der Waals surface area contributed by atoms with Gasteiger partial charge in [0, 0.05) is 12.2 Å². The average Bonchev–Trinajstić information content (AvgIpc) is 3.24. The number of thioether (sulfide) groups is 2. The van der Waals surface area contributed by atoms with Gasteiger partial charge in [0.25, 0.3) is 0 Å². The van der Waals surface area contributed by atoms with Gasteiger partial charge in [0.15, 0.2) is 22.5 Å². The van der Waals surface area contributed by atoms with Crippen LogP contribution in [0.4, 0.5) is 0 Å². The first kappa shape index (κ1) is 22.2. The minimum atomic E-state index is -1.27. The van der Waals surface area contributed by atoms with Crippen molar-refractivity contribution in [2.24, 2.45) is 0 Å². The molecule has 1 fully saturated rings. The molecule has 0 amide bonds. The van der Waals surface area contributed by atoms with E-state index >= 15 is 0 Å². The van der Waals surface area contributed by atoms with Crippen molar-refractivity contribution in [3.63, 3.8) is 0 Å². The van der Waals surface area contributed by atoms with Crippen LogP contribution in [0.1, 0.15) is 45.8 Å². The smallest absolute Gasteiger partial charge is 0.303 e. The largest absolute Gasteiger partial charge is 0.481 e. The third kappa shape index (κ3) is 5.00. The number of aromatic nitrogens is 5. The molecular weight excluding hydrogens is 418 g/mol. The molecule has 10 nitrogen and oxygen atoms in total. The molecule has 0 saturated carbocycles. The molecule has 0 bridgehead atoms. The molecule has 3 heterocycles. The lowest BCUT2D eigenvalue weighted by atomic mass is 10.1. The highest BCUT2D eigenvalue weighted by atomic mass is 32.2. The summed E-state index contributed by atoms with van der Waals surface area (Å²) in [5.41, 5.74) is 0.941. The highest BCUT2D eigenvalue weighted by molar-refractivity contribution is 7.99. The number of aliphatic hydroxyl groups is 2. The van der Waals surface area contributed by atoms with E-state index < -0.39 is 30.5 Å². The molecule has 0 unspecified atom stereocenters. The number of fused-ring (bicyclic) bond motifs is 1. The van der Waals surface area contributed by atoms with Gasteiger partial charge in [-0.15, -0.1) is 16.9 Å². The summed E-state index contributed by atoms with van der Waals surface area (Å²) in [5.74, 6) is 0.742. The molecule has 0 aromatic carbocycles. The van der Waals surface area contributed by atoms with Crippen molar-refractivity contribution < 1.29 is 24.9 Å². The molecule has 12 heteroatoms. The van der Waals surface area contributed by atoms with Crippen LogP contribution in [0.25, 0.3) is 11.2 Å². The Morgan fingerprint density at radius 2 is 1.86 bits per heavy atom. The highest BCUT2D eigenvalue weighted by Gasteiger charge is 2.45. The zero-order chi connectivity index (χ0) is 21.0. The number of rotatable bonds is 10. The number of nitrogens with zero attached hydrogens (tertiary/aromatic N) is 5. The number of carboxylic acids is 1. The second kappa shape index (κ2) is 10.0. The number of carboxylic acid groups (broad SMARTS) is 1. The van der Waals surface area contributed by atoms with Gasteiger partial charge in [-0.3, -0.25) is 4.79 Å². The molecule has 3 N–H and O–H groups in total. The zero-order valence-electron chi connectivity index (χ0n) is 16.3. The number of ether oxygens (including phenoxy) is 1. The summed E-state index contributed by atoms with van der Waals surface area (Å²) in [5, 5.41) is 39.2. The lowest BCUT2D eigenvalue weighted by Gasteiger charge is -2.15. The summed E-state index contributed by atoms with van der Waals surface area (Å²) in [6.45, 7) is 4.15. The Hall–Kier alpha value is -1.47. The molecule has 1 aliphatic heterocycles. The second-order valence-electron chi connectivity index (χ2n) is 6.69. The van der Waals surface area contributed by atoms with E-state index in [-0.39, 0.29) is 12.8 Å². The van der Waals surface area contributed by atoms with Gasteiger partial charge in [0.1, 0.15) is 17.2 Å². The molecule has 3 rings (SSSR count). The van der Waals surface area contributed by atoms with Crippen LogP contribution in [0.5, 0.6) is 0 Å². The lowest BCUT2D eigenvalue weighted by molar-refractivity contribution is -0.138. The maximum absolute atomic E-state index is 10.8. The fourth-order valence-corrected chi connectivity index (χ4v) is 4.52. The molecule has 2 aromatic rings. The van der Waals surface area contributed by atoms with E-state index in [2.05, 4.69) is 34.1 Å². The van der Waals surface area contributed by atoms with Crippen molar-refractivity contribution in [2.45, 2.75) is 74.3 Å². The first-order chi connectivity index (χ1) is 14.0. The van der Waals surface area contributed by atoms with Gasteiger partial charge in [-0.25, -0.2) is 9.97 Å². The number of hydrogen-bond acceptors (Lipinski definition) is 10. The van der Waals surface area contributed by atoms with Gasteiger partial charge in [-0.2, -0.15) is 4.68 Å². The molecule has 160 valence electrons. The van der Waals surface area contributed by atoms with Crippen molar-refractivity contribution in [1.29, 1.82) is 0 Å². The van der Waals surface area contributed by atoms with Gasteiger partial charge < -0.3 is 20.1 Å². The van der Waals surface area contributed by atoms with E-state index in [1.807, 2.05) is 0 Å². The molecule has 0 spiro atoms. The van der Waals surface area contributed by atoms with Gasteiger partial charge in [0.2, 0.25) is 0 Å². The van der Waals surface area contributed by atoms with Crippen LogP contribution < -0.4 is 0 Å². The molecule has 2 aromatic heterocycles. The Morgan fingerprint density at radius 3 is 2.55 bits per heavy atom. The van der Waals surface area contributed by atoms with Crippen molar-refractivity contribution in [3.8, 4) is 0 Å². The first-order valence-electron chi connectivity index (χ1n) is 9.58. The third-order valence-electron chi connectivity index (χ3n) is 4.37. The number of carbonyl (C=O) groups is 1. The number of hydrogen-bond donors (Lipinski definition) is 3. The lowest BCUT2D eigenvalue weighted by Crippen LogP contribution is -2.32. The van der Waals surface area contributed by atoms with Crippen LogP contribution in [0.15, 0.2) is 10.2 Å². The van der Waals surface area contributed by atoms with Crippen LogP contribution >= 0.6 is 23.5 Å². The fourth-order valence-electron chi connectivity index (χ4n) is 2.95. The van der Waals surface area contributed by atoms with E-state index in [9.17, 15) is 15.0 Å². The van der Waals surface area contributed by atoms with Crippen molar-refractivity contribution >= 4 is 40.7 Å². The molecule has 0 aliphatic carbocycles. The number of aliphatic hydroxyl groups excluding tert-OH is 2. The normalized spacial score (nSPS) is 24.4. The van der Waals surface area contributed by atoms with E-state index in [1.165, 1.54) is 16.4 Å². The zero-order valence-corrected chi connectivity index (χ0v) is 17.9. The van der Waals surface area contributed by atoms with Gasteiger partial charge >= 0.3 is 5.97 Å². The van der Waals surface area contributed by atoms with Crippen molar-refractivity contribution in [2.75, 3.05) is 11.5 Å². The minimum absolute atomic E-state index is 0.0842. The summed E-state index contributed by atoms with van der Waals surface area (Å²) in [6, 6.07) is 0. The molecule has 4 atom stereocenters. The second-order valence-corrected chi connectivity index (χ2v) is 8.84. The summed E-state index contributed by atoms with van der Waals surface area (Å²) < 4.78 is 7.11. The van der Waals surface area contributed by atoms with Crippen LogP contribution in [0, 0.1) is 0 Å². The highest BCUT2D eigenvalue weighted by Crippen LogP contribution is 2.34. The Kier molecular flexibility index (Phi) is 7.68. The van der Waals surface area contributed by atoms with Crippen LogP contribution in [0.2, 0.25) is 0 Å². The van der Waals surface area contributed by atoms with Crippen LogP contribution in [-0.2, 0) is 9.53 Å². The molecule has 1 aliphatic rings. The minimum Gasteiger partial charge on any atom is -0.481 e. The molecule has 0 radical (unpaired) electrons. The van der Waals surface area contributed by atoms with E-state index in [4.69, 9.17) is 9.84 Å². The Labute approximate surface area is 176 Å². The SMILES string of the molecule is CCCSc1nc(SCCC)c2nnn([C@@H]3O[C@H](CCC(=O)O)[C@@H](O)[C@H]3O)c2n1. The summed E-state index contributed by atoms with van der Waals surface area (Å²) in [7, 11) is 0. The average molecular weight is 444 g/mol. The van der Waals surface area contributed by atoms with Crippen LogP contribution in [-0.4, -0.2) is 76.1 Å². The topological polar surface area (TPSA) is 143 Å². The molecule has 29 heavy (non-hydrogen) atoms. The van der Waals surface area contributed by atoms with Crippen molar-refractivity contribution in [1.82, 2.24) is 25.0 Å². The molecular formula is C17H25N5O5S2. The standard InChI is InChI=1S/C17H25N5O5S2/c1-3-7-28-15-11-14(18-17(19-15)29-8-4-2)22(21-20-11)16-13(26)12(25)9(27-16)5-6-10(23)24/h9,12-13,16,25-26H,3-8H2,1-2H3,(H,23,24)/t9-,12-,13-,16-/m1/s1. The molecule has 1 saturated heterocycles. The third-order valence-corrected chi connectivity index (χ3v) is 6.59. The van der Waals surface area contributed by atoms with Crippen LogP contribution in [0.3, 0.4) is 0 Å². The Morgan fingerprint density at radius 1 is 1.14 bits per heavy atom. The maximum atomic E-state index is 10.8. The Balaban J connectivity index is 1.93.